The van der Waals surface area contributed by atoms with Gasteiger partial charge in [-0.05, 0) is 30.5 Å². The second kappa shape index (κ2) is 7.21. The predicted octanol–water partition coefficient (Wildman–Crippen LogP) is 3.46. The molecule has 7 heteroatoms. The van der Waals surface area contributed by atoms with Crippen molar-refractivity contribution >= 4 is 15.9 Å². The van der Waals surface area contributed by atoms with Gasteiger partial charge in [-0.15, -0.1) is 0 Å². The van der Waals surface area contributed by atoms with E-state index in [4.69, 9.17) is 0 Å². The van der Waals surface area contributed by atoms with Gasteiger partial charge in [-0.3, -0.25) is 0 Å². The van der Waals surface area contributed by atoms with Crippen molar-refractivity contribution in [3.63, 3.8) is 0 Å². The maximum atomic E-state index is 12.8. The fourth-order valence-corrected chi connectivity index (χ4v) is 1.96. The van der Waals surface area contributed by atoms with Gasteiger partial charge in [-0.25, -0.2) is 4.39 Å². The lowest BCUT2D eigenvalue weighted by Gasteiger charge is -2.13. The topological polar surface area (TPSA) is 29.5 Å². The van der Waals surface area contributed by atoms with Crippen molar-refractivity contribution in [2.24, 2.45) is 0 Å². The molecule has 2 nitrogen and oxygen atoms in total. The molecule has 0 aliphatic rings. The molecular weight excluding hydrogens is 332 g/mol. The van der Waals surface area contributed by atoms with E-state index in [0.29, 0.717) is 10.0 Å². The van der Waals surface area contributed by atoms with Gasteiger partial charge in [0.25, 0.3) is 0 Å². The Kier molecular flexibility index (Phi) is 6.22. The summed E-state index contributed by atoms with van der Waals surface area (Å²) in [5.74, 6) is -0.404. The zero-order valence-electron chi connectivity index (χ0n) is 9.88. The van der Waals surface area contributed by atoms with Crippen LogP contribution in [-0.4, -0.2) is 30.6 Å². The van der Waals surface area contributed by atoms with Crippen molar-refractivity contribution in [2.75, 3.05) is 13.2 Å². The molecule has 0 aliphatic heterocycles. The zero-order valence-corrected chi connectivity index (χ0v) is 11.5. The van der Waals surface area contributed by atoms with Crippen molar-refractivity contribution < 1.29 is 27.4 Å². The van der Waals surface area contributed by atoms with Gasteiger partial charge in [-0.2, -0.15) is 13.2 Å². The number of rotatable bonds is 6. The summed E-state index contributed by atoms with van der Waals surface area (Å²) in [5.41, 5.74) is 0.685. The zero-order chi connectivity index (χ0) is 14.5. The maximum Gasteiger partial charge on any atom is 0.411 e. The molecule has 0 saturated carbocycles. The van der Waals surface area contributed by atoms with Crippen LogP contribution >= 0.6 is 15.9 Å². The molecule has 0 amide bonds. The predicted molar refractivity (Wildman–Crippen MR) is 65.3 cm³/mol. The van der Waals surface area contributed by atoms with Crippen molar-refractivity contribution in [3.8, 4) is 0 Å². The lowest BCUT2D eigenvalue weighted by atomic mass is 10.1. The Morgan fingerprint density at radius 3 is 2.58 bits per heavy atom. The molecule has 1 unspecified atom stereocenters. The lowest BCUT2D eigenvalue weighted by Crippen LogP contribution is -2.20. The van der Waals surface area contributed by atoms with Crippen LogP contribution in [0.3, 0.4) is 0 Å². The molecule has 0 aromatic heterocycles. The van der Waals surface area contributed by atoms with Gasteiger partial charge in [-0.1, -0.05) is 22.0 Å². The van der Waals surface area contributed by atoms with Crippen LogP contribution < -0.4 is 0 Å². The summed E-state index contributed by atoms with van der Waals surface area (Å²) in [6.45, 7) is -1.50. The first-order chi connectivity index (χ1) is 8.78. The third-order valence-electron chi connectivity index (χ3n) is 2.33. The second-order valence-corrected chi connectivity index (χ2v) is 4.90. The summed E-state index contributed by atoms with van der Waals surface area (Å²) < 4.78 is 53.1. The first-order valence-electron chi connectivity index (χ1n) is 5.54. The van der Waals surface area contributed by atoms with Crippen molar-refractivity contribution in [1.29, 1.82) is 0 Å². The van der Waals surface area contributed by atoms with E-state index in [0.717, 1.165) is 0 Å². The average molecular weight is 345 g/mol. The van der Waals surface area contributed by atoms with E-state index in [9.17, 15) is 22.7 Å². The smallest absolute Gasteiger partial charge is 0.393 e. The number of halogens is 5. The standard InChI is InChI=1S/C12H13BrF4O2/c13-11-6-9(14)2-1-8(11)5-10(18)3-4-19-7-12(15,16)17/h1-2,6,10,18H,3-5,7H2. The molecule has 1 aromatic carbocycles. The molecule has 0 spiro atoms. The Labute approximate surface area is 116 Å². The Morgan fingerprint density at radius 2 is 2.00 bits per heavy atom. The minimum absolute atomic E-state index is 0.0832. The summed E-state index contributed by atoms with van der Waals surface area (Å²) in [6.07, 6.45) is -4.89. The third kappa shape index (κ3) is 6.89. The normalized spacial score (nSPS) is 13.6. The van der Waals surface area contributed by atoms with Crippen LogP contribution in [0.4, 0.5) is 17.6 Å². The van der Waals surface area contributed by atoms with Gasteiger partial charge in [0.1, 0.15) is 12.4 Å². The van der Waals surface area contributed by atoms with Crippen LogP contribution in [0.1, 0.15) is 12.0 Å². The third-order valence-corrected chi connectivity index (χ3v) is 3.07. The number of alkyl halides is 3. The minimum atomic E-state index is -4.36. The molecule has 1 aromatic rings. The van der Waals surface area contributed by atoms with Crippen LogP contribution in [0.2, 0.25) is 0 Å². The molecule has 0 heterocycles. The van der Waals surface area contributed by atoms with Gasteiger partial charge < -0.3 is 9.84 Å². The van der Waals surface area contributed by atoms with Gasteiger partial charge in [0.05, 0.1) is 6.10 Å². The summed E-state index contributed by atoms with van der Waals surface area (Å²) >= 11 is 3.15. The van der Waals surface area contributed by atoms with Crippen LogP contribution in [0.25, 0.3) is 0 Å². The van der Waals surface area contributed by atoms with Crippen LogP contribution in [0.5, 0.6) is 0 Å². The number of aliphatic hydroxyl groups excluding tert-OH is 1. The molecule has 0 fully saturated rings. The monoisotopic (exact) mass is 344 g/mol. The number of hydrogen-bond donors (Lipinski definition) is 1. The highest BCUT2D eigenvalue weighted by Crippen LogP contribution is 2.20. The molecule has 0 saturated heterocycles. The molecule has 19 heavy (non-hydrogen) atoms. The van der Waals surface area contributed by atoms with E-state index >= 15 is 0 Å². The summed E-state index contributed by atoms with van der Waals surface area (Å²) in [7, 11) is 0. The van der Waals surface area contributed by atoms with Crippen molar-refractivity contribution in [2.45, 2.75) is 25.1 Å². The first kappa shape index (κ1) is 16.4. The summed E-state index contributed by atoms with van der Waals surface area (Å²) in [5, 5.41) is 9.65. The quantitative estimate of drug-likeness (QED) is 0.632. The fourth-order valence-electron chi connectivity index (χ4n) is 1.45. The largest absolute Gasteiger partial charge is 0.411 e. The van der Waals surface area contributed by atoms with E-state index in [1.165, 1.54) is 18.2 Å². The Balaban J connectivity index is 2.33. The molecule has 0 aliphatic carbocycles. The lowest BCUT2D eigenvalue weighted by molar-refractivity contribution is -0.175. The molecule has 0 bridgehead atoms. The molecule has 1 N–H and O–H groups in total. The molecular formula is C12H13BrF4O2. The Morgan fingerprint density at radius 1 is 1.32 bits per heavy atom. The SMILES string of the molecule is OC(CCOCC(F)(F)F)Cc1ccc(F)cc1Br. The molecule has 1 atom stereocenters. The van der Waals surface area contributed by atoms with E-state index in [1.54, 1.807) is 0 Å². The molecule has 1 rings (SSSR count). The first-order valence-corrected chi connectivity index (χ1v) is 6.34. The highest BCUT2D eigenvalue weighted by atomic mass is 79.9. The average Bonchev–Trinajstić information content (AvgIpc) is 2.27. The number of ether oxygens (including phenoxy) is 1. The summed E-state index contributed by atoms with van der Waals surface area (Å²) in [6, 6.07) is 4.04. The van der Waals surface area contributed by atoms with Crippen molar-refractivity contribution in [3.05, 3.63) is 34.1 Å². The fraction of sp³-hybridized carbons (Fsp3) is 0.500. The van der Waals surface area contributed by atoms with E-state index in [-0.39, 0.29) is 19.4 Å². The van der Waals surface area contributed by atoms with Crippen LogP contribution in [-0.2, 0) is 11.2 Å². The summed E-state index contributed by atoms with van der Waals surface area (Å²) in [4.78, 5) is 0. The molecule has 0 radical (unpaired) electrons. The van der Waals surface area contributed by atoms with Crippen molar-refractivity contribution in [1.82, 2.24) is 0 Å². The van der Waals surface area contributed by atoms with E-state index in [2.05, 4.69) is 20.7 Å². The Bertz CT molecular complexity index is 409. The number of aliphatic hydroxyl groups is 1. The van der Waals surface area contributed by atoms with Crippen LogP contribution in [0.15, 0.2) is 22.7 Å². The molecule has 108 valence electrons. The van der Waals surface area contributed by atoms with Crippen LogP contribution in [0, 0.1) is 5.82 Å². The maximum absolute atomic E-state index is 12.8. The van der Waals surface area contributed by atoms with E-state index < -0.39 is 24.7 Å². The number of benzene rings is 1. The minimum Gasteiger partial charge on any atom is -0.393 e. The number of hydrogen-bond acceptors (Lipinski definition) is 2. The second-order valence-electron chi connectivity index (χ2n) is 4.05. The van der Waals surface area contributed by atoms with Gasteiger partial charge >= 0.3 is 6.18 Å². The van der Waals surface area contributed by atoms with Gasteiger partial charge in [0, 0.05) is 11.1 Å². The highest BCUT2D eigenvalue weighted by molar-refractivity contribution is 9.10. The van der Waals surface area contributed by atoms with Gasteiger partial charge in [0.2, 0.25) is 0 Å². The van der Waals surface area contributed by atoms with E-state index in [1.807, 2.05) is 0 Å². The van der Waals surface area contributed by atoms with Gasteiger partial charge in [0.15, 0.2) is 0 Å². The Hall–Kier alpha value is -0.660. The highest BCUT2D eigenvalue weighted by Gasteiger charge is 2.27.